The highest BCUT2D eigenvalue weighted by molar-refractivity contribution is 9.10. The molecular weight excluding hydrogens is 346 g/mol. The van der Waals surface area contributed by atoms with E-state index in [1.807, 2.05) is 37.3 Å². The molecule has 0 fully saturated rings. The van der Waals surface area contributed by atoms with Crippen LogP contribution in [0.25, 0.3) is 0 Å². The van der Waals surface area contributed by atoms with Crippen molar-refractivity contribution in [3.8, 4) is 0 Å². The first-order chi connectivity index (χ1) is 8.97. The monoisotopic (exact) mass is 357 g/mol. The number of nitrogens with two attached hydrogens (primary N) is 1. The Morgan fingerprint density at radius 1 is 1.26 bits per heavy atom. The zero-order valence-electron chi connectivity index (χ0n) is 10.3. The fourth-order valence-corrected chi connectivity index (χ4v) is 3.78. The molecule has 0 amide bonds. The van der Waals surface area contributed by atoms with Crippen LogP contribution in [0.3, 0.4) is 0 Å². The predicted octanol–water partition coefficient (Wildman–Crippen LogP) is 4.30. The Hall–Kier alpha value is -0.840. The van der Waals surface area contributed by atoms with Crippen molar-refractivity contribution in [1.29, 1.82) is 0 Å². The molecule has 0 radical (unpaired) electrons. The van der Waals surface area contributed by atoms with Gasteiger partial charge in [-0.2, -0.15) is 0 Å². The quantitative estimate of drug-likeness (QED) is 0.831. The summed E-state index contributed by atoms with van der Waals surface area (Å²) in [7, 11) is -1.20. The number of aryl methyl sites for hydroxylation is 1. The lowest BCUT2D eigenvalue weighted by Crippen LogP contribution is -2.01. The molecule has 0 saturated carbocycles. The van der Waals surface area contributed by atoms with Gasteiger partial charge in [-0.25, -0.2) is 0 Å². The van der Waals surface area contributed by atoms with E-state index in [-0.39, 0.29) is 0 Å². The Balaban J connectivity index is 2.25. The number of anilines is 1. The zero-order chi connectivity index (χ0) is 14.0. The maximum Gasteiger partial charge on any atom is 0.0621 e. The van der Waals surface area contributed by atoms with Gasteiger partial charge in [0.25, 0.3) is 0 Å². The molecule has 2 nitrogen and oxygen atoms in total. The molecule has 0 aliphatic rings. The minimum atomic E-state index is -1.20. The maximum atomic E-state index is 12.3. The van der Waals surface area contributed by atoms with Crippen LogP contribution in [0.4, 0.5) is 5.69 Å². The van der Waals surface area contributed by atoms with E-state index in [2.05, 4.69) is 15.9 Å². The van der Waals surface area contributed by atoms with Crippen LogP contribution in [0.2, 0.25) is 5.02 Å². The Morgan fingerprint density at radius 3 is 2.63 bits per heavy atom. The fourth-order valence-electron chi connectivity index (χ4n) is 1.73. The molecule has 2 N–H and O–H groups in total. The molecule has 2 aromatic rings. The van der Waals surface area contributed by atoms with Crippen molar-refractivity contribution in [3.05, 3.63) is 57.0 Å². The van der Waals surface area contributed by atoms with Crippen molar-refractivity contribution in [3.63, 3.8) is 0 Å². The Kier molecular flexibility index (Phi) is 4.66. The van der Waals surface area contributed by atoms with Gasteiger partial charge in [-0.3, -0.25) is 4.21 Å². The number of hydrogen-bond donors (Lipinski definition) is 1. The highest BCUT2D eigenvalue weighted by Crippen LogP contribution is 2.26. The summed E-state index contributed by atoms with van der Waals surface area (Å²) >= 11 is 9.48. The summed E-state index contributed by atoms with van der Waals surface area (Å²) in [6.07, 6.45) is 0. The molecule has 5 heteroatoms. The summed E-state index contributed by atoms with van der Waals surface area (Å²) < 4.78 is 13.2. The van der Waals surface area contributed by atoms with Gasteiger partial charge in [-0.05, 0) is 42.3 Å². The average molecular weight is 359 g/mol. The molecule has 0 heterocycles. The third-order valence-corrected chi connectivity index (χ3v) is 4.99. The minimum absolute atomic E-state index is 0.360. The summed E-state index contributed by atoms with van der Waals surface area (Å²) in [5, 5.41) is 0.605. The third kappa shape index (κ3) is 3.59. The molecule has 100 valence electrons. The summed E-state index contributed by atoms with van der Waals surface area (Å²) in [6, 6.07) is 11.1. The van der Waals surface area contributed by atoms with Crippen LogP contribution in [0.15, 0.2) is 45.8 Å². The van der Waals surface area contributed by atoms with E-state index in [4.69, 9.17) is 17.3 Å². The second-order valence-electron chi connectivity index (χ2n) is 4.27. The van der Waals surface area contributed by atoms with E-state index < -0.39 is 10.8 Å². The van der Waals surface area contributed by atoms with Gasteiger partial charge in [0.1, 0.15) is 0 Å². The van der Waals surface area contributed by atoms with Crippen molar-refractivity contribution >= 4 is 44.0 Å². The topological polar surface area (TPSA) is 43.1 Å². The molecular formula is C14H13BrClNOS. The molecule has 0 aliphatic carbocycles. The summed E-state index contributed by atoms with van der Waals surface area (Å²) in [6.45, 7) is 1.95. The molecule has 2 aromatic carbocycles. The molecule has 0 aliphatic heterocycles. The van der Waals surface area contributed by atoms with Gasteiger partial charge in [-0.1, -0.05) is 39.7 Å². The summed E-state index contributed by atoms with van der Waals surface area (Å²) in [5.74, 6) is 0.360. The smallest absolute Gasteiger partial charge is 0.0621 e. The fraction of sp³-hybridized carbons (Fsp3) is 0.143. The number of hydrogen-bond acceptors (Lipinski definition) is 2. The average Bonchev–Trinajstić information content (AvgIpc) is 2.32. The van der Waals surface area contributed by atoms with Crippen LogP contribution in [0.1, 0.15) is 11.1 Å². The number of rotatable bonds is 3. The van der Waals surface area contributed by atoms with Crippen LogP contribution in [0.5, 0.6) is 0 Å². The first-order valence-electron chi connectivity index (χ1n) is 5.66. The van der Waals surface area contributed by atoms with E-state index in [0.29, 0.717) is 21.4 Å². The first-order valence-corrected chi connectivity index (χ1v) is 8.15. The molecule has 1 atom stereocenters. The third-order valence-electron chi connectivity index (χ3n) is 2.71. The SMILES string of the molecule is Cc1ccc(S(=O)Cc2ccc(Br)cc2Cl)c(N)c1. The van der Waals surface area contributed by atoms with E-state index in [1.165, 1.54) is 0 Å². The van der Waals surface area contributed by atoms with Crippen molar-refractivity contribution in [2.75, 3.05) is 5.73 Å². The zero-order valence-corrected chi connectivity index (χ0v) is 13.5. The second kappa shape index (κ2) is 6.07. The van der Waals surface area contributed by atoms with Gasteiger partial charge >= 0.3 is 0 Å². The molecule has 1 unspecified atom stereocenters. The van der Waals surface area contributed by atoms with Crippen LogP contribution >= 0.6 is 27.5 Å². The van der Waals surface area contributed by atoms with Crippen molar-refractivity contribution in [2.24, 2.45) is 0 Å². The Morgan fingerprint density at radius 2 is 2.00 bits per heavy atom. The molecule has 0 spiro atoms. The number of halogens is 2. The van der Waals surface area contributed by atoms with E-state index >= 15 is 0 Å². The normalized spacial score (nSPS) is 12.4. The van der Waals surface area contributed by atoms with Gasteiger partial charge in [0, 0.05) is 15.2 Å². The van der Waals surface area contributed by atoms with Crippen LogP contribution in [-0.4, -0.2) is 4.21 Å². The Bertz CT molecular complexity index is 645. The van der Waals surface area contributed by atoms with Crippen molar-refractivity contribution < 1.29 is 4.21 Å². The second-order valence-corrected chi connectivity index (χ2v) is 7.01. The van der Waals surface area contributed by atoms with Gasteiger partial charge in [0.15, 0.2) is 0 Å². The standard InChI is InChI=1S/C14H13BrClNOS/c1-9-2-5-14(13(17)6-9)19(18)8-10-3-4-11(15)7-12(10)16/h2-7H,8,17H2,1H3. The molecule has 19 heavy (non-hydrogen) atoms. The lowest BCUT2D eigenvalue weighted by Gasteiger charge is -2.08. The highest BCUT2D eigenvalue weighted by Gasteiger charge is 2.11. The van der Waals surface area contributed by atoms with E-state index in [1.54, 1.807) is 6.07 Å². The van der Waals surface area contributed by atoms with Gasteiger partial charge < -0.3 is 5.73 Å². The summed E-state index contributed by atoms with van der Waals surface area (Å²) in [5.41, 5.74) is 8.37. The first kappa shape index (κ1) is 14.6. The maximum absolute atomic E-state index is 12.3. The Labute approximate surface area is 128 Å². The minimum Gasteiger partial charge on any atom is -0.398 e. The molecule has 0 bridgehead atoms. The van der Waals surface area contributed by atoms with Gasteiger partial charge in [0.2, 0.25) is 0 Å². The van der Waals surface area contributed by atoms with Crippen molar-refractivity contribution in [2.45, 2.75) is 17.6 Å². The van der Waals surface area contributed by atoms with E-state index in [0.717, 1.165) is 15.6 Å². The van der Waals surface area contributed by atoms with Crippen molar-refractivity contribution in [1.82, 2.24) is 0 Å². The number of benzene rings is 2. The highest BCUT2D eigenvalue weighted by atomic mass is 79.9. The van der Waals surface area contributed by atoms with Crippen LogP contribution < -0.4 is 5.73 Å². The summed E-state index contributed by atoms with van der Waals surface area (Å²) in [4.78, 5) is 0.657. The number of nitrogen functional groups attached to an aromatic ring is 1. The van der Waals surface area contributed by atoms with Gasteiger partial charge in [0.05, 0.1) is 21.4 Å². The lowest BCUT2D eigenvalue weighted by atomic mass is 10.2. The van der Waals surface area contributed by atoms with E-state index in [9.17, 15) is 4.21 Å². The van der Waals surface area contributed by atoms with Crippen LogP contribution in [0, 0.1) is 6.92 Å². The largest absolute Gasteiger partial charge is 0.398 e. The van der Waals surface area contributed by atoms with Gasteiger partial charge in [-0.15, -0.1) is 0 Å². The lowest BCUT2D eigenvalue weighted by molar-refractivity contribution is 0.683. The molecule has 0 saturated heterocycles. The predicted molar refractivity (Wildman–Crippen MR) is 84.9 cm³/mol. The van der Waals surface area contributed by atoms with Crippen LogP contribution in [-0.2, 0) is 16.6 Å². The molecule has 2 rings (SSSR count). The molecule has 0 aromatic heterocycles.